The van der Waals surface area contributed by atoms with E-state index in [1.54, 1.807) is 6.07 Å². The van der Waals surface area contributed by atoms with Crippen molar-refractivity contribution < 1.29 is 18.3 Å². The van der Waals surface area contributed by atoms with Gasteiger partial charge in [0.15, 0.2) is 0 Å². The maximum Gasteiger partial charge on any atom is 0.416 e. The molecule has 1 N–H and O–H groups in total. The Bertz CT molecular complexity index is 507. The first-order chi connectivity index (χ1) is 10.9. The van der Waals surface area contributed by atoms with Crippen LogP contribution in [0.15, 0.2) is 24.3 Å². The number of benzene rings is 1. The molecule has 0 aliphatic carbocycles. The third-order valence-corrected chi connectivity index (χ3v) is 4.47. The molecule has 23 heavy (non-hydrogen) atoms. The number of alkyl halides is 3. The van der Waals surface area contributed by atoms with E-state index in [4.69, 9.17) is 0 Å². The lowest BCUT2D eigenvalue weighted by molar-refractivity contribution is -0.137. The molecule has 3 nitrogen and oxygen atoms in total. The Hall–Kier alpha value is -1.11. The van der Waals surface area contributed by atoms with Gasteiger partial charge in [-0.3, -0.25) is 4.90 Å². The Balaban J connectivity index is 2.17. The van der Waals surface area contributed by atoms with Crippen LogP contribution in [0.4, 0.5) is 13.2 Å². The highest BCUT2D eigenvalue weighted by molar-refractivity contribution is 5.28. The number of rotatable bonds is 5. The molecule has 1 fully saturated rings. The van der Waals surface area contributed by atoms with Gasteiger partial charge in [0.2, 0.25) is 0 Å². The highest BCUT2D eigenvalue weighted by Crippen LogP contribution is 2.32. The number of piperazine rings is 1. The molecule has 1 aliphatic rings. The largest absolute Gasteiger partial charge is 0.416 e. The van der Waals surface area contributed by atoms with Crippen LogP contribution in [0.25, 0.3) is 0 Å². The zero-order chi connectivity index (χ0) is 17.0. The van der Waals surface area contributed by atoms with Gasteiger partial charge in [0.05, 0.1) is 18.2 Å². The second-order valence-corrected chi connectivity index (χ2v) is 6.21. The van der Waals surface area contributed by atoms with Crippen molar-refractivity contribution >= 4 is 0 Å². The van der Waals surface area contributed by atoms with Gasteiger partial charge in [-0.1, -0.05) is 19.1 Å². The van der Waals surface area contributed by atoms with E-state index in [0.29, 0.717) is 5.56 Å². The molecule has 0 spiro atoms. The van der Waals surface area contributed by atoms with Crippen molar-refractivity contribution in [1.82, 2.24) is 9.80 Å². The Morgan fingerprint density at radius 1 is 1.30 bits per heavy atom. The highest BCUT2D eigenvalue weighted by atomic mass is 19.4. The Labute approximate surface area is 135 Å². The van der Waals surface area contributed by atoms with Gasteiger partial charge >= 0.3 is 6.18 Å². The number of halogens is 3. The van der Waals surface area contributed by atoms with Crippen molar-refractivity contribution in [1.29, 1.82) is 0 Å². The topological polar surface area (TPSA) is 26.7 Å². The smallest absolute Gasteiger partial charge is 0.394 e. The van der Waals surface area contributed by atoms with Gasteiger partial charge in [0.1, 0.15) is 0 Å². The van der Waals surface area contributed by atoms with E-state index >= 15 is 0 Å². The summed E-state index contributed by atoms with van der Waals surface area (Å²) in [5, 5.41) is 9.78. The normalized spacial score (nSPS) is 22.3. The maximum absolute atomic E-state index is 12.9. The molecule has 1 saturated heterocycles. The molecule has 2 unspecified atom stereocenters. The van der Waals surface area contributed by atoms with Crippen molar-refractivity contribution in [3.63, 3.8) is 0 Å². The zero-order valence-electron chi connectivity index (χ0n) is 13.7. The Kier molecular flexibility index (Phi) is 6.06. The van der Waals surface area contributed by atoms with Crippen LogP contribution in [0.2, 0.25) is 0 Å². The van der Waals surface area contributed by atoms with Crippen LogP contribution in [0.5, 0.6) is 0 Å². The minimum atomic E-state index is -4.36. The summed E-state index contributed by atoms with van der Waals surface area (Å²) in [6, 6.07) is 5.12. The van der Waals surface area contributed by atoms with E-state index in [9.17, 15) is 18.3 Å². The van der Waals surface area contributed by atoms with Crippen LogP contribution in [0.1, 0.15) is 37.4 Å². The summed E-state index contributed by atoms with van der Waals surface area (Å²) < 4.78 is 38.7. The summed E-state index contributed by atoms with van der Waals surface area (Å²) in [7, 11) is 0. The van der Waals surface area contributed by atoms with Gasteiger partial charge in [-0.2, -0.15) is 13.2 Å². The minimum absolute atomic E-state index is 0.181. The number of hydrogen-bond donors (Lipinski definition) is 1. The Morgan fingerprint density at radius 2 is 2.04 bits per heavy atom. The second kappa shape index (κ2) is 7.64. The van der Waals surface area contributed by atoms with Gasteiger partial charge in [0, 0.05) is 25.7 Å². The monoisotopic (exact) mass is 330 g/mol. The number of nitrogens with zero attached hydrogens (tertiary/aromatic N) is 2. The molecule has 2 atom stereocenters. The summed E-state index contributed by atoms with van der Waals surface area (Å²) in [6.45, 7) is 7.57. The fourth-order valence-electron chi connectivity index (χ4n) is 3.35. The molecule has 0 saturated carbocycles. The lowest BCUT2D eigenvalue weighted by Crippen LogP contribution is -2.53. The standard InChI is InChI=1S/C17H25F3N2O/c1-3-7-21-8-9-22(13(2)11-21)16(12-23)14-5-4-6-15(10-14)17(18,19)20/h4-6,10,13,16,23H,3,7-9,11-12H2,1-2H3. The van der Waals surface area contributed by atoms with E-state index in [0.717, 1.165) is 44.7 Å². The van der Waals surface area contributed by atoms with Gasteiger partial charge < -0.3 is 10.0 Å². The van der Waals surface area contributed by atoms with Crippen molar-refractivity contribution in [3.05, 3.63) is 35.4 Å². The summed E-state index contributed by atoms with van der Waals surface area (Å²) >= 11 is 0. The molecule has 0 bridgehead atoms. The highest BCUT2D eigenvalue weighted by Gasteiger charge is 2.33. The van der Waals surface area contributed by atoms with Crippen molar-refractivity contribution in [2.24, 2.45) is 0 Å². The average Bonchev–Trinajstić information content (AvgIpc) is 2.50. The van der Waals surface area contributed by atoms with E-state index in [-0.39, 0.29) is 12.6 Å². The molecular formula is C17H25F3N2O. The van der Waals surface area contributed by atoms with E-state index < -0.39 is 17.8 Å². The van der Waals surface area contributed by atoms with Crippen molar-refractivity contribution in [2.45, 2.75) is 38.5 Å². The quantitative estimate of drug-likeness (QED) is 0.898. The van der Waals surface area contributed by atoms with Crippen molar-refractivity contribution in [2.75, 3.05) is 32.8 Å². The first-order valence-corrected chi connectivity index (χ1v) is 8.13. The van der Waals surface area contributed by atoms with Gasteiger partial charge in [-0.05, 0) is 37.6 Å². The lowest BCUT2D eigenvalue weighted by atomic mass is 10.00. The third-order valence-electron chi connectivity index (χ3n) is 4.47. The molecule has 130 valence electrons. The molecular weight excluding hydrogens is 305 g/mol. The van der Waals surface area contributed by atoms with Crippen LogP contribution >= 0.6 is 0 Å². The average molecular weight is 330 g/mol. The molecule has 1 aliphatic heterocycles. The zero-order valence-corrected chi connectivity index (χ0v) is 13.7. The fraction of sp³-hybridized carbons (Fsp3) is 0.647. The first-order valence-electron chi connectivity index (χ1n) is 8.13. The van der Waals surface area contributed by atoms with Crippen LogP contribution < -0.4 is 0 Å². The molecule has 1 aromatic rings. The SMILES string of the molecule is CCCN1CCN(C(CO)c2cccc(C(F)(F)F)c2)C(C)C1. The second-order valence-electron chi connectivity index (χ2n) is 6.21. The number of aliphatic hydroxyl groups excluding tert-OH is 1. The van der Waals surface area contributed by atoms with E-state index in [2.05, 4.69) is 23.6 Å². The van der Waals surface area contributed by atoms with Gasteiger partial charge in [-0.15, -0.1) is 0 Å². The summed E-state index contributed by atoms with van der Waals surface area (Å²) in [4.78, 5) is 4.48. The van der Waals surface area contributed by atoms with Gasteiger partial charge in [0.25, 0.3) is 0 Å². The lowest BCUT2D eigenvalue weighted by Gasteiger charge is -2.43. The first kappa shape index (κ1) is 18.2. The fourth-order valence-corrected chi connectivity index (χ4v) is 3.35. The summed E-state index contributed by atoms with van der Waals surface area (Å²) in [6.07, 6.45) is -3.27. The third kappa shape index (κ3) is 4.46. The van der Waals surface area contributed by atoms with Gasteiger partial charge in [-0.25, -0.2) is 0 Å². The predicted octanol–water partition coefficient (Wildman–Crippen LogP) is 3.15. The summed E-state index contributed by atoms with van der Waals surface area (Å²) in [5.74, 6) is 0. The summed E-state index contributed by atoms with van der Waals surface area (Å²) in [5.41, 5.74) is -0.135. The number of aliphatic hydroxyl groups is 1. The molecule has 1 aromatic carbocycles. The van der Waals surface area contributed by atoms with Crippen LogP contribution in [-0.4, -0.2) is 53.7 Å². The number of hydrogen-bond acceptors (Lipinski definition) is 3. The molecule has 0 amide bonds. The molecule has 1 heterocycles. The molecule has 0 aromatic heterocycles. The predicted molar refractivity (Wildman–Crippen MR) is 84.2 cm³/mol. The van der Waals surface area contributed by atoms with E-state index in [1.807, 2.05) is 0 Å². The van der Waals surface area contributed by atoms with Crippen molar-refractivity contribution in [3.8, 4) is 0 Å². The minimum Gasteiger partial charge on any atom is -0.394 e. The Morgan fingerprint density at radius 3 is 2.61 bits per heavy atom. The molecule has 6 heteroatoms. The van der Waals surface area contributed by atoms with Crippen LogP contribution in [0.3, 0.4) is 0 Å². The van der Waals surface area contributed by atoms with E-state index in [1.165, 1.54) is 6.07 Å². The molecule has 0 radical (unpaired) electrons. The maximum atomic E-state index is 12.9. The molecule has 2 rings (SSSR count). The van der Waals surface area contributed by atoms with Crippen LogP contribution in [0, 0.1) is 0 Å². The van der Waals surface area contributed by atoms with Crippen LogP contribution in [-0.2, 0) is 6.18 Å².